The van der Waals surface area contributed by atoms with Crippen LogP contribution in [0.1, 0.15) is 24.0 Å². The topological polar surface area (TPSA) is 40.5 Å². The van der Waals surface area contributed by atoms with Crippen molar-refractivity contribution < 1.29 is 14.3 Å². The highest BCUT2D eigenvalue weighted by atomic mass is 19.1. The number of hydrogen-bond acceptors (Lipinski definition) is 1. The van der Waals surface area contributed by atoms with Gasteiger partial charge in [0.25, 0.3) is 0 Å². The fourth-order valence-corrected chi connectivity index (χ4v) is 2.22. The molecule has 1 aliphatic carbocycles. The first-order chi connectivity index (χ1) is 7.61. The second kappa shape index (κ2) is 4.12. The molecule has 0 spiro atoms. The predicted octanol–water partition coefficient (Wildman–Crippen LogP) is 2.82. The van der Waals surface area contributed by atoms with Crippen LogP contribution in [0.25, 0.3) is 0 Å². The lowest BCUT2D eigenvalue weighted by molar-refractivity contribution is 0.203. The summed E-state index contributed by atoms with van der Waals surface area (Å²) in [5.41, 5.74) is 2.16. The van der Waals surface area contributed by atoms with E-state index in [0.29, 0.717) is 17.7 Å². The van der Waals surface area contributed by atoms with Crippen LogP contribution in [0.4, 0.5) is 14.9 Å². The standard InChI is InChI=1S/C12H14FNO2/c1-14(12(15)16)11-7-6-10(13)8-4-2-3-5-9(8)11/h6-7H,2-5H2,1H3,(H,15,16). The second-order valence-corrected chi connectivity index (χ2v) is 4.07. The number of hydrogen-bond donors (Lipinski definition) is 1. The summed E-state index contributed by atoms with van der Waals surface area (Å²) in [6, 6.07) is 2.91. The Bertz CT molecular complexity index is 431. The number of carbonyl (C=O) groups is 1. The first-order valence-electron chi connectivity index (χ1n) is 5.38. The van der Waals surface area contributed by atoms with Crippen molar-refractivity contribution in [1.82, 2.24) is 0 Å². The predicted molar refractivity (Wildman–Crippen MR) is 59.5 cm³/mol. The maximum atomic E-state index is 13.5. The highest BCUT2D eigenvalue weighted by Crippen LogP contribution is 2.31. The van der Waals surface area contributed by atoms with Crippen LogP contribution >= 0.6 is 0 Å². The Labute approximate surface area is 93.5 Å². The molecular formula is C12H14FNO2. The van der Waals surface area contributed by atoms with E-state index in [0.717, 1.165) is 29.7 Å². The number of carboxylic acid groups (broad SMARTS) is 1. The van der Waals surface area contributed by atoms with E-state index in [4.69, 9.17) is 5.11 Å². The van der Waals surface area contributed by atoms with Crippen LogP contribution in [0, 0.1) is 5.82 Å². The van der Waals surface area contributed by atoms with Crippen molar-refractivity contribution in [2.45, 2.75) is 25.7 Å². The van der Waals surface area contributed by atoms with Crippen molar-refractivity contribution in [3.63, 3.8) is 0 Å². The van der Waals surface area contributed by atoms with Gasteiger partial charge in [-0.05, 0) is 48.9 Å². The molecule has 3 nitrogen and oxygen atoms in total. The van der Waals surface area contributed by atoms with Crippen LogP contribution in [0.5, 0.6) is 0 Å². The molecule has 86 valence electrons. The summed E-state index contributed by atoms with van der Waals surface area (Å²) in [5, 5.41) is 8.94. The molecule has 0 bridgehead atoms. The van der Waals surface area contributed by atoms with Gasteiger partial charge in [0.1, 0.15) is 5.82 Å². The lowest BCUT2D eigenvalue weighted by atomic mass is 9.89. The van der Waals surface area contributed by atoms with Gasteiger partial charge >= 0.3 is 6.09 Å². The van der Waals surface area contributed by atoms with E-state index in [2.05, 4.69) is 0 Å². The molecule has 1 aromatic carbocycles. The van der Waals surface area contributed by atoms with Crippen LogP contribution in [-0.4, -0.2) is 18.2 Å². The molecule has 16 heavy (non-hydrogen) atoms. The molecule has 0 saturated carbocycles. The van der Waals surface area contributed by atoms with Gasteiger partial charge in [-0.15, -0.1) is 0 Å². The average molecular weight is 223 g/mol. The van der Waals surface area contributed by atoms with Crippen molar-refractivity contribution in [2.75, 3.05) is 11.9 Å². The van der Waals surface area contributed by atoms with E-state index in [9.17, 15) is 9.18 Å². The van der Waals surface area contributed by atoms with E-state index in [-0.39, 0.29) is 5.82 Å². The van der Waals surface area contributed by atoms with Gasteiger partial charge in [-0.3, -0.25) is 4.90 Å². The molecule has 1 aliphatic rings. The molecule has 1 amide bonds. The molecular weight excluding hydrogens is 209 g/mol. The quantitative estimate of drug-likeness (QED) is 0.795. The van der Waals surface area contributed by atoms with Crippen molar-refractivity contribution in [2.24, 2.45) is 0 Å². The minimum absolute atomic E-state index is 0.211. The third-order valence-corrected chi connectivity index (χ3v) is 3.10. The van der Waals surface area contributed by atoms with Gasteiger partial charge in [0, 0.05) is 7.05 Å². The zero-order chi connectivity index (χ0) is 11.7. The maximum Gasteiger partial charge on any atom is 0.411 e. The number of nitrogens with zero attached hydrogens (tertiary/aromatic N) is 1. The Morgan fingerprint density at radius 1 is 1.31 bits per heavy atom. The molecule has 1 aromatic rings. The summed E-state index contributed by atoms with van der Waals surface area (Å²) in [6.07, 6.45) is 2.43. The van der Waals surface area contributed by atoms with E-state index in [1.54, 1.807) is 6.07 Å². The molecule has 0 aliphatic heterocycles. The Hall–Kier alpha value is -1.58. The molecule has 0 aromatic heterocycles. The van der Waals surface area contributed by atoms with Crippen LogP contribution in [0.15, 0.2) is 12.1 Å². The van der Waals surface area contributed by atoms with Gasteiger partial charge in [0.15, 0.2) is 0 Å². The molecule has 1 N–H and O–H groups in total. The molecule has 0 radical (unpaired) electrons. The van der Waals surface area contributed by atoms with E-state index >= 15 is 0 Å². The van der Waals surface area contributed by atoms with Crippen molar-refractivity contribution in [3.8, 4) is 0 Å². The Morgan fingerprint density at radius 2 is 1.94 bits per heavy atom. The number of benzene rings is 1. The van der Waals surface area contributed by atoms with Gasteiger partial charge in [-0.1, -0.05) is 0 Å². The molecule has 0 fully saturated rings. The third-order valence-electron chi connectivity index (χ3n) is 3.10. The van der Waals surface area contributed by atoms with E-state index in [1.807, 2.05) is 0 Å². The first-order valence-corrected chi connectivity index (χ1v) is 5.38. The number of amides is 1. The minimum atomic E-state index is -1.01. The summed E-state index contributed by atoms with van der Waals surface area (Å²) in [6.45, 7) is 0. The number of rotatable bonds is 1. The largest absolute Gasteiger partial charge is 0.465 e. The van der Waals surface area contributed by atoms with Crippen molar-refractivity contribution >= 4 is 11.8 Å². The van der Waals surface area contributed by atoms with Crippen LogP contribution in [0.3, 0.4) is 0 Å². The summed E-state index contributed by atoms with van der Waals surface area (Å²) in [7, 11) is 1.49. The highest BCUT2D eigenvalue weighted by molar-refractivity contribution is 5.86. The van der Waals surface area contributed by atoms with Gasteiger partial charge in [-0.2, -0.15) is 0 Å². The van der Waals surface area contributed by atoms with Gasteiger partial charge < -0.3 is 5.11 Å². The lowest BCUT2D eigenvalue weighted by Gasteiger charge is -2.23. The van der Waals surface area contributed by atoms with Gasteiger partial charge in [0.05, 0.1) is 5.69 Å². The molecule has 0 saturated heterocycles. The summed E-state index contributed by atoms with van der Waals surface area (Å²) in [5.74, 6) is -0.211. The Morgan fingerprint density at radius 3 is 2.56 bits per heavy atom. The molecule has 4 heteroatoms. The molecule has 2 rings (SSSR count). The van der Waals surface area contributed by atoms with Crippen LogP contribution in [0.2, 0.25) is 0 Å². The average Bonchev–Trinajstić information content (AvgIpc) is 2.29. The lowest BCUT2D eigenvalue weighted by Crippen LogP contribution is -2.26. The second-order valence-electron chi connectivity index (χ2n) is 4.07. The summed E-state index contributed by atoms with van der Waals surface area (Å²) >= 11 is 0. The zero-order valence-corrected chi connectivity index (χ0v) is 9.16. The summed E-state index contributed by atoms with van der Waals surface area (Å²) < 4.78 is 13.5. The normalized spacial score (nSPS) is 14.4. The van der Waals surface area contributed by atoms with Crippen molar-refractivity contribution in [3.05, 3.63) is 29.1 Å². The number of fused-ring (bicyclic) bond motifs is 1. The van der Waals surface area contributed by atoms with Crippen LogP contribution in [-0.2, 0) is 12.8 Å². The maximum absolute atomic E-state index is 13.5. The Kier molecular flexibility index (Phi) is 2.81. The molecule has 0 atom stereocenters. The van der Waals surface area contributed by atoms with Crippen LogP contribution < -0.4 is 4.90 Å². The fourth-order valence-electron chi connectivity index (χ4n) is 2.22. The smallest absolute Gasteiger partial charge is 0.411 e. The molecule has 0 heterocycles. The monoisotopic (exact) mass is 223 g/mol. The third kappa shape index (κ3) is 1.75. The van der Waals surface area contributed by atoms with E-state index < -0.39 is 6.09 Å². The van der Waals surface area contributed by atoms with Crippen molar-refractivity contribution in [1.29, 1.82) is 0 Å². The minimum Gasteiger partial charge on any atom is -0.465 e. The first kappa shape index (κ1) is 10.9. The fraction of sp³-hybridized carbons (Fsp3) is 0.417. The van der Waals surface area contributed by atoms with E-state index in [1.165, 1.54) is 13.1 Å². The highest BCUT2D eigenvalue weighted by Gasteiger charge is 2.21. The van der Waals surface area contributed by atoms with Gasteiger partial charge in [-0.25, -0.2) is 9.18 Å². The molecule has 0 unspecified atom stereocenters. The Balaban J connectivity index is 2.50. The number of anilines is 1. The van der Waals surface area contributed by atoms with Gasteiger partial charge in [0.2, 0.25) is 0 Å². The number of halogens is 1. The SMILES string of the molecule is CN(C(=O)O)c1ccc(F)c2c1CCCC2. The summed E-state index contributed by atoms with van der Waals surface area (Å²) in [4.78, 5) is 12.1. The zero-order valence-electron chi connectivity index (χ0n) is 9.16.